The van der Waals surface area contributed by atoms with Crippen LogP contribution in [0, 0.1) is 5.92 Å². The highest BCUT2D eigenvalue weighted by molar-refractivity contribution is 5.79. The molecule has 0 aliphatic carbocycles. The molecule has 23 heavy (non-hydrogen) atoms. The van der Waals surface area contributed by atoms with Crippen LogP contribution in [0.25, 0.3) is 0 Å². The lowest BCUT2D eigenvalue weighted by atomic mass is 9.97. The molecule has 1 aliphatic heterocycles. The Hall–Kier alpha value is -1.96. The van der Waals surface area contributed by atoms with Crippen LogP contribution in [-0.4, -0.2) is 53.0 Å². The summed E-state index contributed by atoms with van der Waals surface area (Å²) in [6, 6.07) is 0. The van der Waals surface area contributed by atoms with Gasteiger partial charge in [0, 0.05) is 25.4 Å². The lowest BCUT2D eigenvalue weighted by Crippen LogP contribution is -2.46. The zero-order valence-corrected chi connectivity index (χ0v) is 13.7. The van der Waals surface area contributed by atoms with E-state index in [4.69, 9.17) is 10.3 Å². The van der Waals surface area contributed by atoms with Crippen molar-refractivity contribution in [1.29, 1.82) is 0 Å². The molecule has 0 aromatic carbocycles. The standard InChI is InChI=1S/C15H25N5O3/c1-10(2)14-18-13(23-19-14)5-6-17-15(22)11-4-3-7-20(8-11)9-12(16)21/h10-11H,3-9H2,1-2H3,(H2,16,21)(H,17,22)/t11-/m0/s1. The van der Waals surface area contributed by atoms with Gasteiger partial charge >= 0.3 is 0 Å². The van der Waals surface area contributed by atoms with E-state index in [9.17, 15) is 9.59 Å². The van der Waals surface area contributed by atoms with Crippen molar-refractivity contribution in [3.63, 3.8) is 0 Å². The van der Waals surface area contributed by atoms with E-state index in [2.05, 4.69) is 15.5 Å². The summed E-state index contributed by atoms with van der Waals surface area (Å²) in [5, 5.41) is 6.80. The highest BCUT2D eigenvalue weighted by Crippen LogP contribution is 2.16. The van der Waals surface area contributed by atoms with Crippen LogP contribution in [0.15, 0.2) is 4.52 Å². The van der Waals surface area contributed by atoms with Gasteiger partial charge in [0.25, 0.3) is 0 Å². The number of nitrogens with one attached hydrogen (secondary N) is 1. The third kappa shape index (κ3) is 5.31. The molecule has 1 saturated heterocycles. The lowest BCUT2D eigenvalue weighted by molar-refractivity contribution is -0.128. The summed E-state index contributed by atoms with van der Waals surface area (Å²) in [4.78, 5) is 29.4. The SMILES string of the molecule is CC(C)c1noc(CCNC(=O)[C@H]2CCCN(CC(N)=O)C2)n1. The first-order valence-electron chi connectivity index (χ1n) is 8.06. The second kappa shape index (κ2) is 8.05. The molecular formula is C15H25N5O3. The fourth-order valence-electron chi connectivity index (χ4n) is 2.67. The maximum absolute atomic E-state index is 12.2. The molecule has 2 amide bonds. The normalized spacial score (nSPS) is 19.0. The van der Waals surface area contributed by atoms with E-state index in [-0.39, 0.29) is 30.2 Å². The molecule has 1 atom stereocenters. The third-order valence-electron chi connectivity index (χ3n) is 3.89. The Morgan fingerprint density at radius 2 is 2.26 bits per heavy atom. The maximum atomic E-state index is 12.2. The highest BCUT2D eigenvalue weighted by atomic mass is 16.5. The van der Waals surface area contributed by atoms with Crippen molar-refractivity contribution in [3.05, 3.63) is 11.7 Å². The minimum absolute atomic E-state index is 0.00256. The van der Waals surface area contributed by atoms with Crippen molar-refractivity contribution in [1.82, 2.24) is 20.4 Å². The summed E-state index contributed by atoms with van der Waals surface area (Å²) in [6.45, 7) is 6.06. The number of hydrogen-bond acceptors (Lipinski definition) is 6. The van der Waals surface area contributed by atoms with Gasteiger partial charge in [-0.3, -0.25) is 14.5 Å². The van der Waals surface area contributed by atoms with E-state index < -0.39 is 0 Å². The summed E-state index contributed by atoms with van der Waals surface area (Å²) in [6.07, 6.45) is 2.25. The Morgan fingerprint density at radius 3 is 2.91 bits per heavy atom. The zero-order chi connectivity index (χ0) is 16.8. The molecule has 1 aromatic heterocycles. The number of carbonyl (C=O) groups is 2. The number of nitrogens with two attached hydrogens (primary N) is 1. The van der Waals surface area contributed by atoms with Gasteiger partial charge in [0.1, 0.15) is 0 Å². The molecule has 1 aromatic rings. The van der Waals surface area contributed by atoms with Crippen molar-refractivity contribution in [2.45, 2.75) is 39.0 Å². The average Bonchev–Trinajstić information content (AvgIpc) is 2.96. The van der Waals surface area contributed by atoms with E-state index in [1.807, 2.05) is 18.7 Å². The molecule has 1 aliphatic rings. The summed E-state index contributed by atoms with van der Waals surface area (Å²) in [5.74, 6) is 0.984. The second-order valence-electron chi connectivity index (χ2n) is 6.28. The Labute approximate surface area is 135 Å². The van der Waals surface area contributed by atoms with Crippen LogP contribution >= 0.6 is 0 Å². The zero-order valence-electron chi connectivity index (χ0n) is 13.7. The Morgan fingerprint density at radius 1 is 1.48 bits per heavy atom. The Balaban J connectivity index is 1.74. The number of rotatable bonds is 7. The van der Waals surface area contributed by atoms with Gasteiger partial charge < -0.3 is 15.6 Å². The van der Waals surface area contributed by atoms with E-state index in [1.165, 1.54) is 0 Å². The van der Waals surface area contributed by atoms with Crippen LogP contribution in [0.4, 0.5) is 0 Å². The van der Waals surface area contributed by atoms with Crippen LogP contribution in [0.3, 0.4) is 0 Å². The topological polar surface area (TPSA) is 114 Å². The number of carbonyl (C=O) groups excluding carboxylic acids is 2. The number of aromatic nitrogens is 2. The molecule has 0 bridgehead atoms. The van der Waals surface area contributed by atoms with Crippen LogP contribution in [0.5, 0.6) is 0 Å². The van der Waals surface area contributed by atoms with Crippen molar-refractivity contribution < 1.29 is 14.1 Å². The Bertz CT molecular complexity index is 543. The summed E-state index contributed by atoms with van der Waals surface area (Å²) in [7, 11) is 0. The summed E-state index contributed by atoms with van der Waals surface area (Å²) < 4.78 is 5.14. The highest BCUT2D eigenvalue weighted by Gasteiger charge is 2.26. The van der Waals surface area contributed by atoms with Crippen LogP contribution in [-0.2, 0) is 16.0 Å². The molecule has 8 nitrogen and oxygen atoms in total. The lowest BCUT2D eigenvalue weighted by Gasteiger charge is -2.30. The maximum Gasteiger partial charge on any atom is 0.231 e. The summed E-state index contributed by atoms with van der Waals surface area (Å²) >= 11 is 0. The number of hydrogen-bond donors (Lipinski definition) is 2. The quantitative estimate of drug-likeness (QED) is 0.733. The molecule has 1 fully saturated rings. The first kappa shape index (κ1) is 17.4. The number of primary amides is 1. The number of likely N-dealkylation sites (tertiary alicyclic amines) is 1. The number of piperidine rings is 1. The molecular weight excluding hydrogens is 298 g/mol. The van der Waals surface area contributed by atoms with E-state index in [0.717, 1.165) is 19.4 Å². The smallest absolute Gasteiger partial charge is 0.231 e. The van der Waals surface area contributed by atoms with Gasteiger partial charge in [0.05, 0.1) is 12.5 Å². The second-order valence-corrected chi connectivity index (χ2v) is 6.28. The van der Waals surface area contributed by atoms with Gasteiger partial charge in [-0.05, 0) is 19.4 Å². The van der Waals surface area contributed by atoms with Crippen LogP contribution in [0.2, 0.25) is 0 Å². The molecule has 128 valence electrons. The monoisotopic (exact) mass is 323 g/mol. The van der Waals surface area contributed by atoms with Gasteiger partial charge in [0.15, 0.2) is 5.82 Å². The van der Waals surface area contributed by atoms with Crippen molar-refractivity contribution in [2.24, 2.45) is 11.7 Å². The number of nitrogens with zero attached hydrogens (tertiary/aromatic N) is 3. The van der Waals surface area contributed by atoms with E-state index in [1.54, 1.807) is 0 Å². The molecule has 2 heterocycles. The molecule has 8 heteroatoms. The molecule has 0 unspecified atom stereocenters. The molecule has 0 saturated carbocycles. The third-order valence-corrected chi connectivity index (χ3v) is 3.89. The van der Waals surface area contributed by atoms with Crippen molar-refractivity contribution in [2.75, 3.05) is 26.2 Å². The Kier molecular flexibility index (Phi) is 6.09. The first-order valence-corrected chi connectivity index (χ1v) is 8.06. The fourth-order valence-corrected chi connectivity index (χ4v) is 2.67. The predicted octanol–water partition coefficient (Wildman–Crippen LogP) is 0.0490. The van der Waals surface area contributed by atoms with Gasteiger partial charge in [-0.2, -0.15) is 4.98 Å². The minimum atomic E-state index is -0.358. The van der Waals surface area contributed by atoms with Crippen molar-refractivity contribution in [3.8, 4) is 0 Å². The number of amides is 2. The van der Waals surface area contributed by atoms with E-state index >= 15 is 0 Å². The van der Waals surface area contributed by atoms with Crippen LogP contribution in [0.1, 0.15) is 44.3 Å². The minimum Gasteiger partial charge on any atom is -0.369 e. The molecule has 0 spiro atoms. The van der Waals surface area contributed by atoms with Gasteiger partial charge in [-0.15, -0.1) is 0 Å². The molecule has 0 radical (unpaired) electrons. The van der Waals surface area contributed by atoms with E-state index in [0.29, 0.717) is 31.2 Å². The molecule has 2 rings (SSSR count). The van der Waals surface area contributed by atoms with Gasteiger partial charge in [0.2, 0.25) is 17.7 Å². The first-order chi connectivity index (χ1) is 11.0. The molecule has 3 N–H and O–H groups in total. The van der Waals surface area contributed by atoms with Crippen LogP contribution < -0.4 is 11.1 Å². The van der Waals surface area contributed by atoms with Crippen molar-refractivity contribution >= 4 is 11.8 Å². The summed E-state index contributed by atoms with van der Waals surface area (Å²) in [5.41, 5.74) is 5.21. The predicted molar refractivity (Wildman–Crippen MR) is 83.5 cm³/mol. The largest absolute Gasteiger partial charge is 0.369 e. The fraction of sp³-hybridized carbons (Fsp3) is 0.733. The van der Waals surface area contributed by atoms with Gasteiger partial charge in [-0.1, -0.05) is 19.0 Å². The van der Waals surface area contributed by atoms with Gasteiger partial charge in [-0.25, -0.2) is 0 Å². The average molecular weight is 323 g/mol.